The van der Waals surface area contributed by atoms with Crippen LogP contribution in [-0.4, -0.2) is 31.9 Å². The summed E-state index contributed by atoms with van der Waals surface area (Å²) in [5.41, 5.74) is 1.31. The van der Waals surface area contributed by atoms with Crippen LogP contribution in [0.15, 0.2) is 36.4 Å². The number of carbonyl (C=O) groups is 1. The smallest absolute Gasteiger partial charge is 0.360 e. The average Bonchev–Trinajstić information content (AvgIpc) is 3.24. The van der Waals surface area contributed by atoms with Gasteiger partial charge in [0, 0.05) is 23.7 Å². The number of ether oxygens (including phenoxy) is 1. The largest absolute Gasteiger partial charge is 0.461 e. The first kappa shape index (κ1) is 20.8. The third-order valence-electron chi connectivity index (χ3n) is 4.64. The van der Waals surface area contributed by atoms with Gasteiger partial charge in [-0.1, -0.05) is 23.2 Å². The van der Waals surface area contributed by atoms with Crippen molar-refractivity contribution in [2.75, 3.05) is 6.61 Å². The Morgan fingerprint density at radius 1 is 1.23 bits per heavy atom. The molecule has 4 aromatic rings. The zero-order chi connectivity index (χ0) is 22.3. The molecule has 31 heavy (non-hydrogen) atoms. The van der Waals surface area contributed by atoms with E-state index in [9.17, 15) is 9.18 Å². The van der Waals surface area contributed by atoms with Gasteiger partial charge in [0.1, 0.15) is 28.0 Å². The predicted octanol–water partition coefficient (Wildman–Crippen LogP) is 4.92. The van der Waals surface area contributed by atoms with Gasteiger partial charge in [-0.3, -0.25) is 9.25 Å². The molecule has 2 heterocycles. The Bertz CT molecular complexity index is 1390. The number of hydrogen-bond acceptors (Lipinski definition) is 5. The van der Waals surface area contributed by atoms with E-state index in [2.05, 4.69) is 10.1 Å². The lowest BCUT2D eigenvalue weighted by Gasteiger charge is -2.10. The van der Waals surface area contributed by atoms with Gasteiger partial charge < -0.3 is 4.74 Å². The van der Waals surface area contributed by atoms with Crippen LogP contribution in [0.5, 0.6) is 0 Å². The van der Waals surface area contributed by atoms with E-state index >= 15 is 0 Å². The van der Waals surface area contributed by atoms with Gasteiger partial charge in [-0.25, -0.2) is 14.2 Å². The fourth-order valence-electron chi connectivity index (χ4n) is 3.20. The van der Waals surface area contributed by atoms with Crippen LogP contribution in [0, 0.1) is 17.1 Å². The summed E-state index contributed by atoms with van der Waals surface area (Å²) in [4.78, 5) is 16.7. The highest BCUT2D eigenvalue weighted by atomic mass is 35.5. The molecule has 0 aliphatic rings. The second-order valence-corrected chi connectivity index (χ2v) is 7.27. The van der Waals surface area contributed by atoms with E-state index in [0.717, 1.165) is 6.07 Å². The minimum Gasteiger partial charge on any atom is -0.461 e. The molecule has 2 aromatic carbocycles. The van der Waals surface area contributed by atoms with Crippen LogP contribution < -0.4 is 0 Å². The molecule has 0 N–H and O–H groups in total. The number of fused-ring (bicyclic) bond motifs is 1. The van der Waals surface area contributed by atoms with Crippen molar-refractivity contribution in [1.82, 2.24) is 19.3 Å². The number of rotatable bonds is 4. The number of nitriles is 1. The van der Waals surface area contributed by atoms with E-state index in [1.807, 2.05) is 0 Å². The Kier molecular flexibility index (Phi) is 5.39. The predicted molar refractivity (Wildman–Crippen MR) is 114 cm³/mol. The number of halogens is 3. The Morgan fingerprint density at radius 3 is 2.68 bits per heavy atom. The second-order valence-electron chi connectivity index (χ2n) is 6.55. The number of nitrogens with zero attached hydrogens (tertiary/aromatic N) is 5. The van der Waals surface area contributed by atoms with Crippen molar-refractivity contribution < 1.29 is 13.9 Å². The van der Waals surface area contributed by atoms with Crippen molar-refractivity contribution in [1.29, 1.82) is 5.26 Å². The highest BCUT2D eigenvalue weighted by Gasteiger charge is 2.25. The number of benzene rings is 2. The minimum absolute atomic E-state index is 0.00224. The maximum Gasteiger partial charge on any atom is 0.360 e. The molecule has 0 spiro atoms. The summed E-state index contributed by atoms with van der Waals surface area (Å²) >= 11 is 12.9. The first-order chi connectivity index (χ1) is 14.8. The van der Waals surface area contributed by atoms with Gasteiger partial charge in [0.25, 0.3) is 0 Å². The van der Waals surface area contributed by atoms with Crippen LogP contribution in [0.2, 0.25) is 10.3 Å². The summed E-state index contributed by atoms with van der Waals surface area (Å²) < 4.78 is 22.4. The molecule has 0 atom stereocenters. The van der Waals surface area contributed by atoms with Gasteiger partial charge in [-0.15, -0.1) is 0 Å². The number of hydrogen-bond donors (Lipinski definition) is 0. The molecule has 0 amide bonds. The number of aromatic nitrogens is 4. The quantitative estimate of drug-likeness (QED) is 0.406. The monoisotopic (exact) mass is 457 g/mol. The number of carbonyl (C=O) groups excluding carboxylic acids is 1. The highest BCUT2D eigenvalue weighted by molar-refractivity contribution is 6.34. The van der Waals surface area contributed by atoms with Crippen molar-refractivity contribution in [2.45, 2.75) is 6.92 Å². The summed E-state index contributed by atoms with van der Waals surface area (Å²) in [7, 11) is 1.72. The zero-order valence-electron chi connectivity index (χ0n) is 16.4. The molecule has 10 heteroatoms. The first-order valence-corrected chi connectivity index (χ1v) is 9.89. The van der Waals surface area contributed by atoms with Gasteiger partial charge in [-0.2, -0.15) is 10.4 Å². The maximum atomic E-state index is 14.3. The van der Waals surface area contributed by atoms with E-state index in [0.29, 0.717) is 27.3 Å². The normalized spacial score (nSPS) is 11.0. The summed E-state index contributed by atoms with van der Waals surface area (Å²) in [6.07, 6.45) is 0. The minimum atomic E-state index is -0.714. The standard InChI is InChI=1S/C21H14Cl2FN5O2/c1-3-31-21(30)17-19(23)29(13-6-7-16-14(9-13)18(22)28(2)27-16)20(26-17)11-4-5-12(10-25)15(24)8-11/h4-9H,3H2,1-2H3. The lowest BCUT2D eigenvalue weighted by molar-refractivity contribution is 0.0520. The number of imidazole rings is 1. The van der Waals surface area contributed by atoms with Gasteiger partial charge in [0.05, 0.1) is 17.7 Å². The fourth-order valence-corrected chi connectivity index (χ4v) is 3.69. The van der Waals surface area contributed by atoms with E-state index in [4.69, 9.17) is 33.2 Å². The van der Waals surface area contributed by atoms with Crippen LogP contribution in [0.3, 0.4) is 0 Å². The molecule has 0 aliphatic heterocycles. The molecule has 0 bridgehead atoms. The molecule has 156 valence electrons. The molecule has 0 unspecified atom stereocenters. The van der Waals surface area contributed by atoms with Gasteiger partial charge in [0.15, 0.2) is 5.69 Å². The molecular formula is C21H14Cl2FN5O2. The SMILES string of the molecule is CCOC(=O)c1nc(-c2ccc(C#N)c(F)c2)n(-c2ccc3nn(C)c(Cl)c3c2)c1Cl. The molecule has 0 radical (unpaired) electrons. The van der Waals surface area contributed by atoms with Crippen LogP contribution in [-0.2, 0) is 11.8 Å². The molecular weight excluding hydrogens is 444 g/mol. The molecule has 0 aliphatic carbocycles. The number of aryl methyl sites for hydroxylation is 1. The fraction of sp³-hybridized carbons (Fsp3) is 0.143. The molecule has 0 saturated carbocycles. The Labute approximate surface area is 186 Å². The van der Waals surface area contributed by atoms with E-state index in [-0.39, 0.29) is 28.8 Å². The topological polar surface area (TPSA) is 85.7 Å². The van der Waals surface area contributed by atoms with E-state index in [1.165, 1.54) is 21.4 Å². The first-order valence-electron chi connectivity index (χ1n) is 9.13. The summed E-state index contributed by atoms with van der Waals surface area (Å²) in [6.45, 7) is 1.80. The van der Waals surface area contributed by atoms with Crippen molar-refractivity contribution >= 4 is 40.1 Å². The molecule has 7 nitrogen and oxygen atoms in total. The van der Waals surface area contributed by atoms with Crippen LogP contribution in [0.25, 0.3) is 28.0 Å². The van der Waals surface area contributed by atoms with Crippen molar-refractivity contribution in [3.05, 3.63) is 63.8 Å². The molecule has 0 fully saturated rings. The third-order valence-corrected chi connectivity index (χ3v) is 5.44. The Hall–Kier alpha value is -3.41. The lowest BCUT2D eigenvalue weighted by Crippen LogP contribution is -2.06. The summed E-state index contributed by atoms with van der Waals surface area (Å²) in [6, 6.07) is 11.0. The van der Waals surface area contributed by atoms with E-state index < -0.39 is 11.8 Å². The van der Waals surface area contributed by atoms with Crippen LogP contribution in [0.1, 0.15) is 23.0 Å². The van der Waals surface area contributed by atoms with Crippen LogP contribution >= 0.6 is 23.2 Å². The van der Waals surface area contributed by atoms with Gasteiger partial charge in [-0.05, 0) is 43.3 Å². The molecule has 0 saturated heterocycles. The Morgan fingerprint density at radius 2 is 2.00 bits per heavy atom. The average molecular weight is 458 g/mol. The van der Waals surface area contributed by atoms with Gasteiger partial charge in [0.2, 0.25) is 0 Å². The van der Waals surface area contributed by atoms with E-state index in [1.54, 1.807) is 38.2 Å². The highest BCUT2D eigenvalue weighted by Crippen LogP contribution is 2.33. The summed E-state index contributed by atoms with van der Waals surface area (Å²) in [5.74, 6) is -1.22. The third kappa shape index (κ3) is 3.52. The van der Waals surface area contributed by atoms with Crippen molar-refractivity contribution in [3.63, 3.8) is 0 Å². The lowest BCUT2D eigenvalue weighted by atomic mass is 10.1. The molecule has 2 aromatic heterocycles. The maximum absolute atomic E-state index is 14.3. The molecule has 4 rings (SSSR count). The number of esters is 1. The Balaban J connectivity index is 1.98. The van der Waals surface area contributed by atoms with Crippen molar-refractivity contribution in [3.8, 4) is 23.1 Å². The summed E-state index contributed by atoms with van der Waals surface area (Å²) in [5, 5.41) is 14.4. The van der Waals surface area contributed by atoms with Crippen LogP contribution in [0.4, 0.5) is 4.39 Å². The van der Waals surface area contributed by atoms with Gasteiger partial charge >= 0.3 is 5.97 Å². The van der Waals surface area contributed by atoms with Crippen molar-refractivity contribution in [2.24, 2.45) is 7.05 Å². The zero-order valence-corrected chi connectivity index (χ0v) is 17.9. The second kappa shape index (κ2) is 8.02.